The zero-order valence-corrected chi connectivity index (χ0v) is 13.8. The lowest BCUT2D eigenvalue weighted by molar-refractivity contribution is -0.131. The van der Waals surface area contributed by atoms with Gasteiger partial charge < -0.3 is 8.38 Å². The molecule has 19 heavy (non-hydrogen) atoms. The highest BCUT2D eigenvalue weighted by molar-refractivity contribution is 14.1. The van der Waals surface area contributed by atoms with Crippen LogP contribution in [0.5, 0.6) is 0 Å². The Kier molecular flexibility index (Phi) is 8.41. The number of carbonyl (C=O) groups is 2. The van der Waals surface area contributed by atoms with E-state index in [1.165, 1.54) is 12.8 Å². The minimum absolute atomic E-state index is 0.166. The second-order valence-electron chi connectivity index (χ2n) is 5.51. The van der Waals surface area contributed by atoms with Crippen LogP contribution in [0.1, 0.15) is 58.3 Å². The van der Waals surface area contributed by atoms with Crippen LogP contribution in [0.15, 0.2) is 0 Å². The van der Waals surface area contributed by atoms with Gasteiger partial charge in [-0.15, -0.1) is 0 Å². The average Bonchev–Trinajstić information content (AvgIpc) is 2.42. The van der Waals surface area contributed by atoms with E-state index < -0.39 is 0 Å². The van der Waals surface area contributed by atoms with Gasteiger partial charge in [-0.05, 0) is 44.4 Å². The molecule has 0 spiro atoms. The molecule has 4 nitrogen and oxygen atoms in total. The van der Waals surface area contributed by atoms with Gasteiger partial charge >= 0.3 is 5.97 Å². The summed E-state index contributed by atoms with van der Waals surface area (Å²) < 4.78 is 4.54. The van der Waals surface area contributed by atoms with Gasteiger partial charge in [0.15, 0.2) is 23.0 Å². The fourth-order valence-corrected chi connectivity index (χ4v) is 2.71. The molecule has 1 rings (SSSR count). The van der Waals surface area contributed by atoms with Gasteiger partial charge in [0.05, 0.1) is 0 Å². The maximum atomic E-state index is 11.9. The topological polar surface area (TPSA) is 55.4 Å². The van der Waals surface area contributed by atoms with E-state index >= 15 is 0 Å². The molecule has 1 saturated carbocycles. The molecule has 0 atom stereocenters. The molecular weight excluding hydrogens is 357 g/mol. The van der Waals surface area contributed by atoms with Crippen LogP contribution in [0, 0.1) is 11.8 Å². The first-order valence-corrected chi connectivity index (χ1v) is 8.10. The van der Waals surface area contributed by atoms with Crippen LogP contribution in [-0.4, -0.2) is 18.4 Å². The molecule has 1 aliphatic rings. The van der Waals surface area contributed by atoms with Crippen LogP contribution in [0.3, 0.4) is 0 Å². The highest BCUT2D eigenvalue weighted by Crippen LogP contribution is 2.28. The number of unbranched alkanes of at least 4 members (excludes halogenated alkanes) is 2. The number of hydrogen-bond acceptors (Lipinski definition) is 3. The second kappa shape index (κ2) is 9.55. The molecule has 0 heterocycles. The summed E-state index contributed by atoms with van der Waals surface area (Å²) in [6.07, 6.45) is 7.61. The van der Waals surface area contributed by atoms with Crippen molar-refractivity contribution in [2.24, 2.45) is 11.8 Å². The second-order valence-corrected chi connectivity index (χ2v) is 5.95. The van der Waals surface area contributed by atoms with Gasteiger partial charge in [-0.25, -0.2) is 0 Å². The van der Waals surface area contributed by atoms with Crippen molar-refractivity contribution in [3.8, 4) is 0 Å². The first-order valence-electron chi connectivity index (χ1n) is 7.22. The number of carbonyl (C=O) groups excluding carboxylic acids is 2. The van der Waals surface area contributed by atoms with E-state index in [0.717, 1.165) is 44.6 Å². The van der Waals surface area contributed by atoms with Crippen molar-refractivity contribution >= 4 is 34.9 Å². The predicted octanol–water partition coefficient (Wildman–Crippen LogP) is 3.38. The molecule has 0 aliphatic heterocycles. The van der Waals surface area contributed by atoms with Crippen LogP contribution in [-0.2, 0) is 12.7 Å². The lowest BCUT2D eigenvalue weighted by Crippen LogP contribution is -2.33. The lowest BCUT2D eigenvalue weighted by Gasteiger charge is -2.25. The molecule has 0 aromatic rings. The van der Waals surface area contributed by atoms with Gasteiger partial charge in [0, 0.05) is 18.9 Å². The Morgan fingerprint density at radius 2 is 1.84 bits per heavy atom. The summed E-state index contributed by atoms with van der Waals surface area (Å²) in [5.74, 6) is 1.06. The van der Waals surface area contributed by atoms with E-state index in [1.807, 2.05) is 0 Å². The molecule has 1 fully saturated rings. The molecule has 0 saturated heterocycles. The van der Waals surface area contributed by atoms with E-state index in [0.29, 0.717) is 6.42 Å². The third-order valence-electron chi connectivity index (χ3n) is 3.83. The minimum atomic E-state index is -0.166. The molecule has 0 bridgehead atoms. The average molecular weight is 381 g/mol. The molecule has 5 heteroatoms. The SMILES string of the molecule is CC1CCC(C(=O)NCCCCCC(=O)OI)CC1. The van der Waals surface area contributed by atoms with E-state index in [2.05, 4.69) is 15.3 Å². The Morgan fingerprint density at radius 1 is 1.16 bits per heavy atom. The maximum absolute atomic E-state index is 11.9. The van der Waals surface area contributed by atoms with Crippen molar-refractivity contribution in [1.82, 2.24) is 5.32 Å². The van der Waals surface area contributed by atoms with Crippen LogP contribution >= 0.6 is 23.0 Å². The van der Waals surface area contributed by atoms with Crippen molar-refractivity contribution < 1.29 is 12.7 Å². The van der Waals surface area contributed by atoms with Gasteiger partial charge in [0.2, 0.25) is 5.91 Å². The van der Waals surface area contributed by atoms with Crippen molar-refractivity contribution in [2.45, 2.75) is 58.3 Å². The Balaban J connectivity index is 2.00. The monoisotopic (exact) mass is 381 g/mol. The minimum Gasteiger partial charge on any atom is -0.394 e. The summed E-state index contributed by atoms with van der Waals surface area (Å²) in [6.45, 7) is 2.99. The lowest BCUT2D eigenvalue weighted by atomic mass is 9.82. The van der Waals surface area contributed by atoms with E-state index in [-0.39, 0.29) is 17.8 Å². The molecule has 0 unspecified atom stereocenters. The zero-order chi connectivity index (χ0) is 14.1. The van der Waals surface area contributed by atoms with Crippen LogP contribution < -0.4 is 5.32 Å². The fraction of sp³-hybridized carbons (Fsp3) is 0.857. The summed E-state index contributed by atoms with van der Waals surface area (Å²) in [5.41, 5.74) is 0. The summed E-state index contributed by atoms with van der Waals surface area (Å²) in [5, 5.41) is 3.01. The van der Waals surface area contributed by atoms with Crippen molar-refractivity contribution in [2.75, 3.05) is 6.54 Å². The Labute approximate surface area is 129 Å². The zero-order valence-electron chi connectivity index (χ0n) is 11.6. The maximum Gasteiger partial charge on any atom is 0.315 e. The Hall–Kier alpha value is -0.330. The largest absolute Gasteiger partial charge is 0.394 e. The molecule has 0 aromatic carbocycles. The molecule has 1 aliphatic carbocycles. The van der Waals surface area contributed by atoms with Crippen molar-refractivity contribution in [3.05, 3.63) is 0 Å². The normalized spacial score (nSPS) is 22.8. The van der Waals surface area contributed by atoms with Crippen LogP contribution in [0.2, 0.25) is 0 Å². The van der Waals surface area contributed by atoms with Crippen LogP contribution in [0.25, 0.3) is 0 Å². The van der Waals surface area contributed by atoms with Crippen molar-refractivity contribution in [3.63, 3.8) is 0 Å². The summed E-state index contributed by atoms with van der Waals surface area (Å²) >= 11 is 1.61. The quantitative estimate of drug-likeness (QED) is 0.543. The van der Waals surface area contributed by atoms with E-state index in [9.17, 15) is 9.59 Å². The summed E-state index contributed by atoms with van der Waals surface area (Å²) in [7, 11) is 0. The highest BCUT2D eigenvalue weighted by atomic mass is 127. The number of amides is 1. The molecule has 110 valence electrons. The molecule has 0 radical (unpaired) electrons. The van der Waals surface area contributed by atoms with Gasteiger partial charge in [-0.2, -0.15) is 0 Å². The Bertz CT molecular complexity index is 288. The van der Waals surface area contributed by atoms with E-state index in [1.54, 1.807) is 23.0 Å². The summed E-state index contributed by atoms with van der Waals surface area (Å²) in [4.78, 5) is 22.8. The molecular formula is C14H24INO3. The Morgan fingerprint density at radius 3 is 2.47 bits per heavy atom. The number of hydrogen-bond donors (Lipinski definition) is 1. The van der Waals surface area contributed by atoms with E-state index in [4.69, 9.17) is 0 Å². The third kappa shape index (κ3) is 7.13. The third-order valence-corrected chi connectivity index (χ3v) is 4.32. The highest BCUT2D eigenvalue weighted by Gasteiger charge is 2.23. The van der Waals surface area contributed by atoms with Gasteiger partial charge in [-0.1, -0.05) is 13.3 Å². The van der Waals surface area contributed by atoms with Crippen LogP contribution in [0.4, 0.5) is 0 Å². The first kappa shape index (κ1) is 16.7. The fourth-order valence-electron chi connectivity index (χ4n) is 2.49. The smallest absolute Gasteiger partial charge is 0.315 e. The standard InChI is InChI=1S/C14H24INO3/c1-11-6-8-12(9-7-11)14(18)16-10-4-2-3-5-13(17)19-15/h11-12H,2-10H2,1H3,(H,16,18). The molecule has 1 amide bonds. The van der Waals surface area contributed by atoms with Crippen molar-refractivity contribution in [1.29, 1.82) is 0 Å². The number of rotatable bonds is 7. The molecule has 0 aromatic heterocycles. The molecule has 1 N–H and O–H groups in total. The van der Waals surface area contributed by atoms with Gasteiger partial charge in [0.25, 0.3) is 0 Å². The van der Waals surface area contributed by atoms with Gasteiger partial charge in [0.1, 0.15) is 0 Å². The predicted molar refractivity (Wildman–Crippen MR) is 82.7 cm³/mol. The summed E-state index contributed by atoms with van der Waals surface area (Å²) in [6, 6.07) is 0. The first-order chi connectivity index (χ1) is 9.13. The number of halogens is 1. The number of nitrogens with one attached hydrogen (secondary N) is 1. The van der Waals surface area contributed by atoms with Gasteiger partial charge in [-0.3, -0.25) is 9.59 Å².